The summed E-state index contributed by atoms with van der Waals surface area (Å²) < 4.78 is 11.4. The SMILES string of the molecule is CC(C)(C)OC(=O)N1C[C@H](N(OCc2ccccc2)C(=O)OC(C)(C)C)CC[C@H]1C(=O)NC1CCN(OC(=O)c2ccccc2)CC1. The lowest BCUT2D eigenvalue weighted by molar-refractivity contribution is -0.189. The van der Waals surface area contributed by atoms with Gasteiger partial charge in [0.25, 0.3) is 0 Å². The molecule has 0 aromatic heterocycles. The Morgan fingerprint density at radius 3 is 2.00 bits per heavy atom. The van der Waals surface area contributed by atoms with E-state index in [1.807, 2.05) is 36.4 Å². The van der Waals surface area contributed by atoms with Crippen LogP contribution in [0, 0.1) is 0 Å². The van der Waals surface area contributed by atoms with Gasteiger partial charge in [0.05, 0.1) is 11.6 Å². The summed E-state index contributed by atoms with van der Waals surface area (Å²) in [5.74, 6) is -0.728. The number of piperidine rings is 2. The van der Waals surface area contributed by atoms with Crippen LogP contribution in [0.25, 0.3) is 0 Å². The van der Waals surface area contributed by atoms with E-state index in [2.05, 4.69) is 5.32 Å². The van der Waals surface area contributed by atoms with Crippen molar-refractivity contribution in [1.82, 2.24) is 20.3 Å². The van der Waals surface area contributed by atoms with E-state index in [4.69, 9.17) is 19.1 Å². The van der Waals surface area contributed by atoms with Crippen molar-refractivity contribution in [2.75, 3.05) is 19.6 Å². The van der Waals surface area contributed by atoms with E-state index in [0.29, 0.717) is 37.9 Å². The Morgan fingerprint density at radius 1 is 0.809 bits per heavy atom. The molecule has 0 bridgehead atoms. The summed E-state index contributed by atoms with van der Waals surface area (Å²) >= 11 is 0. The van der Waals surface area contributed by atoms with Gasteiger partial charge in [-0.1, -0.05) is 48.5 Å². The maximum absolute atomic E-state index is 13.7. The summed E-state index contributed by atoms with van der Waals surface area (Å²) in [7, 11) is 0. The van der Waals surface area contributed by atoms with Gasteiger partial charge >= 0.3 is 18.2 Å². The molecule has 1 N–H and O–H groups in total. The molecule has 0 aliphatic carbocycles. The zero-order valence-electron chi connectivity index (χ0n) is 28.3. The van der Waals surface area contributed by atoms with Crippen molar-refractivity contribution in [3.8, 4) is 0 Å². The molecule has 47 heavy (non-hydrogen) atoms. The summed E-state index contributed by atoms with van der Waals surface area (Å²) in [6, 6.07) is 16.6. The topological polar surface area (TPSA) is 127 Å². The Bertz CT molecular complexity index is 1350. The van der Waals surface area contributed by atoms with Gasteiger partial charge < -0.3 is 19.6 Å². The normalized spacial score (nSPS) is 19.4. The third-order valence-corrected chi connectivity index (χ3v) is 7.63. The first-order chi connectivity index (χ1) is 22.2. The molecule has 2 heterocycles. The Hall–Kier alpha value is -4.16. The highest BCUT2D eigenvalue weighted by Gasteiger charge is 2.43. The van der Waals surface area contributed by atoms with Gasteiger partial charge in [-0.15, -0.1) is 5.06 Å². The Balaban J connectivity index is 1.42. The second-order valence-corrected chi connectivity index (χ2v) is 13.9. The van der Waals surface area contributed by atoms with Crippen LogP contribution in [0.5, 0.6) is 0 Å². The molecule has 0 unspecified atom stereocenters. The molecule has 2 aromatic rings. The molecule has 12 nitrogen and oxygen atoms in total. The van der Waals surface area contributed by atoms with Gasteiger partial charge in [0.2, 0.25) is 5.91 Å². The van der Waals surface area contributed by atoms with Crippen molar-refractivity contribution in [3.05, 3.63) is 71.8 Å². The van der Waals surface area contributed by atoms with Gasteiger partial charge in [-0.2, -0.15) is 5.06 Å². The molecule has 2 aliphatic heterocycles. The standard InChI is InChI=1S/C35H48N4O8/c1-34(2,3)45-32(42)38-23-28(39(33(43)46-35(4,5)6)44-24-25-13-9-7-10-14-25)17-18-29(38)30(40)36-27-19-21-37(22-20-27)47-31(41)26-15-11-8-12-16-26/h7-16,27-29H,17-24H2,1-6H3,(H,36,40)/t28-,29+/m1/s1. The lowest BCUT2D eigenvalue weighted by Gasteiger charge is -2.43. The number of hydroxylamine groups is 4. The van der Waals surface area contributed by atoms with Crippen LogP contribution < -0.4 is 5.32 Å². The third-order valence-electron chi connectivity index (χ3n) is 7.63. The smallest absolute Gasteiger partial charge is 0.434 e. The molecule has 12 heteroatoms. The largest absolute Gasteiger partial charge is 0.444 e. The third kappa shape index (κ3) is 11.0. The number of hydrogen-bond acceptors (Lipinski definition) is 9. The molecule has 2 fully saturated rings. The van der Waals surface area contributed by atoms with E-state index in [0.717, 1.165) is 5.56 Å². The highest BCUT2D eigenvalue weighted by molar-refractivity contribution is 5.89. The lowest BCUT2D eigenvalue weighted by Crippen LogP contribution is -2.61. The minimum absolute atomic E-state index is 0.00884. The van der Waals surface area contributed by atoms with Crippen molar-refractivity contribution in [3.63, 3.8) is 0 Å². The number of amides is 3. The molecule has 0 saturated carbocycles. The zero-order valence-corrected chi connectivity index (χ0v) is 28.3. The predicted octanol–water partition coefficient (Wildman–Crippen LogP) is 5.48. The summed E-state index contributed by atoms with van der Waals surface area (Å²) in [5.41, 5.74) is -0.248. The van der Waals surface area contributed by atoms with Crippen molar-refractivity contribution in [2.24, 2.45) is 0 Å². The first kappa shape index (κ1) is 35.7. The van der Waals surface area contributed by atoms with Crippen molar-refractivity contribution in [2.45, 2.75) is 103 Å². The van der Waals surface area contributed by atoms with E-state index in [1.165, 1.54) is 9.96 Å². The van der Waals surface area contributed by atoms with Gasteiger partial charge in [0, 0.05) is 25.7 Å². The second kappa shape index (κ2) is 15.6. The summed E-state index contributed by atoms with van der Waals surface area (Å²) in [4.78, 5) is 66.0. The molecule has 2 atom stereocenters. The van der Waals surface area contributed by atoms with E-state index in [-0.39, 0.29) is 31.5 Å². The van der Waals surface area contributed by atoms with Crippen molar-refractivity contribution >= 4 is 24.1 Å². The zero-order chi connectivity index (χ0) is 34.2. The fourth-order valence-corrected chi connectivity index (χ4v) is 5.40. The van der Waals surface area contributed by atoms with Crippen LogP contribution in [0.2, 0.25) is 0 Å². The monoisotopic (exact) mass is 652 g/mol. The number of rotatable bonds is 8. The van der Waals surface area contributed by atoms with Crippen LogP contribution in [0.15, 0.2) is 60.7 Å². The number of nitrogens with one attached hydrogen (secondary N) is 1. The number of nitrogens with zero attached hydrogens (tertiary/aromatic N) is 3. The number of carbonyl (C=O) groups is 4. The number of ether oxygens (including phenoxy) is 2. The van der Waals surface area contributed by atoms with Crippen LogP contribution in [-0.4, -0.2) is 88.1 Å². The summed E-state index contributed by atoms with van der Waals surface area (Å²) in [6.45, 7) is 11.6. The van der Waals surface area contributed by atoms with Gasteiger partial charge in [0.1, 0.15) is 23.9 Å². The highest BCUT2D eigenvalue weighted by atomic mass is 16.7. The Kier molecular flexibility index (Phi) is 11.9. The fraction of sp³-hybridized carbons (Fsp3) is 0.543. The second-order valence-electron chi connectivity index (χ2n) is 13.9. The Labute approximate surface area is 277 Å². The van der Waals surface area contributed by atoms with E-state index < -0.39 is 41.4 Å². The molecular formula is C35H48N4O8. The molecule has 2 saturated heterocycles. The first-order valence-corrected chi connectivity index (χ1v) is 16.2. The molecule has 2 aliphatic rings. The average molecular weight is 653 g/mol. The van der Waals surface area contributed by atoms with Gasteiger partial charge in [0.15, 0.2) is 0 Å². The number of likely N-dealkylation sites (tertiary alicyclic amines) is 1. The molecule has 0 spiro atoms. The maximum Gasteiger partial charge on any atom is 0.434 e. The molecule has 256 valence electrons. The van der Waals surface area contributed by atoms with E-state index >= 15 is 0 Å². The highest BCUT2D eigenvalue weighted by Crippen LogP contribution is 2.27. The first-order valence-electron chi connectivity index (χ1n) is 16.2. The quantitative estimate of drug-likeness (QED) is 0.369. The molecule has 0 radical (unpaired) electrons. The van der Waals surface area contributed by atoms with Gasteiger partial charge in [-0.3, -0.25) is 14.5 Å². The number of benzene rings is 2. The van der Waals surface area contributed by atoms with Crippen LogP contribution >= 0.6 is 0 Å². The number of hydrogen-bond donors (Lipinski definition) is 1. The summed E-state index contributed by atoms with van der Waals surface area (Å²) in [6.07, 6.45) is 0.462. The lowest BCUT2D eigenvalue weighted by atomic mass is 9.96. The van der Waals surface area contributed by atoms with Crippen LogP contribution in [-0.2, 0) is 30.6 Å². The maximum atomic E-state index is 13.7. The fourth-order valence-electron chi connectivity index (χ4n) is 5.40. The van der Waals surface area contributed by atoms with Crippen LogP contribution in [0.3, 0.4) is 0 Å². The van der Waals surface area contributed by atoms with E-state index in [9.17, 15) is 19.2 Å². The Morgan fingerprint density at radius 2 is 1.40 bits per heavy atom. The van der Waals surface area contributed by atoms with Crippen LogP contribution in [0.4, 0.5) is 9.59 Å². The minimum Gasteiger partial charge on any atom is -0.444 e. The van der Waals surface area contributed by atoms with Crippen LogP contribution in [0.1, 0.15) is 83.1 Å². The predicted molar refractivity (Wildman–Crippen MR) is 174 cm³/mol. The average Bonchev–Trinajstić information content (AvgIpc) is 3.01. The molecule has 3 amide bonds. The molecule has 2 aromatic carbocycles. The van der Waals surface area contributed by atoms with E-state index in [1.54, 1.807) is 70.9 Å². The summed E-state index contributed by atoms with van der Waals surface area (Å²) in [5, 5.41) is 5.89. The molecular weight excluding hydrogens is 604 g/mol. The van der Waals surface area contributed by atoms with Gasteiger partial charge in [-0.05, 0) is 84.9 Å². The minimum atomic E-state index is -0.815. The van der Waals surface area contributed by atoms with Gasteiger partial charge in [-0.25, -0.2) is 14.4 Å². The van der Waals surface area contributed by atoms with Crippen molar-refractivity contribution in [1.29, 1.82) is 0 Å². The molecule has 4 rings (SSSR count). The number of carbonyl (C=O) groups excluding carboxylic acids is 4. The van der Waals surface area contributed by atoms with Crippen molar-refractivity contribution < 1.29 is 38.3 Å².